The largest absolute Gasteiger partial charge is 0.465 e. The fourth-order valence-electron chi connectivity index (χ4n) is 7.37. The van der Waals surface area contributed by atoms with Crippen LogP contribution in [-0.4, -0.2) is 192 Å². The lowest BCUT2D eigenvalue weighted by Gasteiger charge is -2.34. The van der Waals surface area contributed by atoms with E-state index in [0.717, 1.165) is 6.42 Å². The van der Waals surface area contributed by atoms with Crippen LogP contribution >= 0.6 is 0 Å². The molecule has 0 spiro atoms. The monoisotopic (exact) mass is 1290 g/mol. The Hall–Kier alpha value is -4.34. The van der Waals surface area contributed by atoms with Crippen LogP contribution in [0.15, 0.2) is 0 Å². The second-order valence-electron chi connectivity index (χ2n) is 32.3. The molecule has 12 N–H and O–H groups in total. The number of hydrogen-bond donors (Lipinski definition) is 8. The summed E-state index contributed by atoms with van der Waals surface area (Å²) in [6.45, 7) is 45.0. The van der Waals surface area contributed by atoms with Crippen molar-refractivity contribution >= 4 is 36.3 Å². The third kappa shape index (κ3) is 38.0. The topological polar surface area (TPSA) is 356 Å². The van der Waals surface area contributed by atoms with Gasteiger partial charge in [-0.2, -0.15) is 0 Å². The van der Waals surface area contributed by atoms with Crippen LogP contribution in [0, 0.1) is 54.1 Å². The van der Waals surface area contributed by atoms with E-state index in [9.17, 15) is 28.8 Å². The number of nitrogens with one attached hydrogen (secondary N) is 4. The minimum absolute atomic E-state index is 0.0786. The molecule has 25 heteroatoms. The number of rotatable bonds is 47. The Morgan fingerprint density at radius 3 is 0.889 bits per heavy atom. The maximum absolute atomic E-state index is 14.2. The van der Waals surface area contributed by atoms with E-state index in [1.165, 1.54) is 13.8 Å². The highest BCUT2D eigenvalue weighted by Crippen LogP contribution is 2.29. The lowest BCUT2D eigenvalue weighted by atomic mass is 9.88. The molecule has 0 aliphatic rings. The number of alkyl carbamates (subject to hydrolysis) is 4. The van der Waals surface area contributed by atoms with Crippen molar-refractivity contribution in [3.8, 4) is 0 Å². The second kappa shape index (κ2) is 37.5. The Labute approximate surface area is 541 Å². The van der Waals surface area contributed by atoms with Crippen molar-refractivity contribution in [3.05, 3.63) is 0 Å². The van der Waals surface area contributed by atoms with Gasteiger partial charge in [0.25, 0.3) is 0 Å². The lowest BCUT2D eigenvalue weighted by Crippen LogP contribution is -2.46. The maximum Gasteiger partial charge on any atom is 0.407 e. The van der Waals surface area contributed by atoms with Gasteiger partial charge < -0.3 is 96.3 Å². The molecule has 0 aromatic carbocycles. The maximum atomic E-state index is 14.2. The van der Waals surface area contributed by atoms with Crippen molar-refractivity contribution in [1.82, 2.24) is 21.3 Å². The molecule has 0 aromatic heterocycles. The molecule has 2 unspecified atom stereocenters. The molecule has 90 heavy (non-hydrogen) atoms. The first-order valence-corrected chi connectivity index (χ1v) is 31.8. The third-order valence-corrected chi connectivity index (χ3v) is 15.3. The van der Waals surface area contributed by atoms with Crippen LogP contribution in [0.25, 0.3) is 0 Å². The number of hydrogen-bond acceptors (Lipinski definition) is 21. The molecule has 0 saturated carbocycles. The van der Waals surface area contributed by atoms with Crippen LogP contribution in [0.3, 0.4) is 0 Å². The van der Waals surface area contributed by atoms with E-state index >= 15 is 0 Å². The fourth-order valence-corrected chi connectivity index (χ4v) is 7.37. The van der Waals surface area contributed by atoms with Gasteiger partial charge in [0, 0.05) is 82.3 Å². The van der Waals surface area contributed by atoms with Crippen LogP contribution in [0.2, 0.25) is 0 Å². The molecule has 0 saturated heterocycles. The molecule has 0 aromatic rings. The zero-order valence-electron chi connectivity index (χ0n) is 59.9. The van der Waals surface area contributed by atoms with Gasteiger partial charge in [-0.05, 0) is 74.1 Å². The van der Waals surface area contributed by atoms with Gasteiger partial charge in [0.15, 0.2) is 0 Å². The van der Waals surface area contributed by atoms with Crippen molar-refractivity contribution in [2.45, 2.75) is 183 Å². The minimum atomic E-state index is -1.67. The molecule has 0 radical (unpaired) electrons. The SMILES string of the molecule is CCC(C)(CN)COCC(C)(C)CNC(=O)OCC(C)(COC(=O)NCC(C)(C)COCC(C)(C)CN)C(=O)OC(C)(C)CCOC(C)(C)CCOC(=O)C(C)(COC(=O)NCC(C)(C)COCC(C)(C)CN)COC(=O)NCC(C)(C)COCC(C)(C)CN. The van der Waals surface area contributed by atoms with E-state index in [4.69, 9.17) is 75.0 Å². The summed E-state index contributed by atoms with van der Waals surface area (Å²) < 4.78 is 64.2. The number of amides is 4. The molecule has 0 aliphatic heterocycles. The molecule has 0 aliphatic carbocycles. The van der Waals surface area contributed by atoms with Crippen molar-refractivity contribution in [1.29, 1.82) is 0 Å². The first-order chi connectivity index (χ1) is 41.0. The van der Waals surface area contributed by atoms with Crippen LogP contribution in [-0.2, 0) is 61.7 Å². The van der Waals surface area contributed by atoms with Gasteiger partial charge in [-0.15, -0.1) is 0 Å². The first kappa shape index (κ1) is 85.7. The third-order valence-electron chi connectivity index (χ3n) is 15.3. The first-order valence-electron chi connectivity index (χ1n) is 31.8. The van der Waals surface area contributed by atoms with Crippen LogP contribution in [0.1, 0.15) is 172 Å². The summed E-state index contributed by atoms with van der Waals surface area (Å²) in [5.41, 5.74) is 15.4. The molecule has 0 bridgehead atoms. The summed E-state index contributed by atoms with van der Waals surface area (Å²) >= 11 is 0. The molecule has 0 heterocycles. The predicted molar refractivity (Wildman–Crippen MR) is 348 cm³/mol. The van der Waals surface area contributed by atoms with Gasteiger partial charge in [-0.1, -0.05) is 111 Å². The quantitative estimate of drug-likeness (QED) is 0.0212. The minimum Gasteiger partial charge on any atom is -0.465 e. The zero-order valence-corrected chi connectivity index (χ0v) is 59.9. The molecular weight excluding hydrogens is 1160 g/mol. The summed E-state index contributed by atoms with van der Waals surface area (Å²) in [5, 5.41) is 11.0. The molecular formula is C65H128N8O17. The fraction of sp³-hybridized carbons (Fsp3) is 0.908. The lowest BCUT2D eigenvalue weighted by molar-refractivity contribution is -0.175. The predicted octanol–water partition coefficient (Wildman–Crippen LogP) is 7.85. The van der Waals surface area contributed by atoms with Crippen molar-refractivity contribution in [2.24, 2.45) is 77.1 Å². The summed E-state index contributed by atoms with van der Waals surface area (Å²) in [6, 6.07) is 0. The van der Waals surface area contributed by atoms with E-state index in [0.29, 0.717) is 79.0 Å². The van der Waals surface area contributed by atoms with E-state index in [1.807, 2.05) is 96.9 Å². The molecule has 0 fully saturated rings. The molecule has 530 valence electrons. The van der Waals surface area contributed by atoms with E-state index in [1.54, 1.807) is 27.7 Å². The summed E-state index contributed by atoms with van der Waals surface area (Å²) in [4.78, 5) is 80.9. The van der Waals surface area contributed by atoms with Crippen molar-refractivity contribution in [3.63, 3.8) is 0 Å². The van der Waals surface area contributed by atoms with Gasteiger partial charge >= 0.3 is 36.3 Å². The van der Waals surface area contributed by atoms with Gasteiger partial charge in [0.1, 0.15) is 42.9 Å². The Kier molecular flexibility index (Phi) is 35.7. The molecule has 0 rings (SSSR count). The van der Waals surface area contributed by atoms with Crippen molar-refractivity contribution < 1.29 is 80.9 Å². The normalized spacial score (nSPS) is 14.6. The number of esters is 2. The Balaban J connectivity index is 6.11. The highest BCUT2D eigenvalue weighted by atomic mass is 16.6. The van der Waals surface area contributed by atoms with E-state index in [-0.39, 0.29) is 73.9 Å². The van der Waals surface area contributed by atoms with Gasteiger partial charge in [0.2, 0.25) is 0 Å². The van der Waals surface area contributed by atoms with E-state index in [2.05, 4.69) is 35.1 Å². The standard InChI is InChI=1S/C65H128N8O17/c1-23-63(20,31-69)43-83-42-60(14,15)35-73-53(79)88-47-65(22,46-87-52(78)72-34-59(12,13)41-82-38-56(6,7)30-68)49(75)90-62(18,19)25-27-89-61(16,17)24-26-84-48(74)64(21,44-85-50(76)70-32-57(8,9)39-80-36-54(2,3)28-66)45-86-51(77)71-33-58(10,11)40-81-37-55(4,5)29-67/h23-47,66-69H2,1-22H3,(H,70,76)(H,71,77)(H,72,78)(H,73,79). The molecule has 2 atom stereocenters. The zero-order chi connectivity index (χ0) is 69.7. The number of carbonyl (C=O) groups excluding carboxylic acids is 6. The van der Waals surface area contributed by atoms with Crippen molar-refractivity contribution in [2.75, 3.05) is 145 Å². The van der Waals surface area contributed by atoms with Crippen LogP contribution in [0.5, 0.6) is 0 Å². The number of nitrogens with two attached hydrogens (primary N) is 4. The van der Waals surface area contributed by atoms with Crippen LogP contribution in [0.4, 0.5) is 19.2 Å². The smallest absolute Gasteiger partial charge is 0.407 e. The Bertz CT molecular complexity index is 2110. The van der Waals surface area contributed by atoms with Crippen LogP contribution < -0.4 is 44.2 Å². The molecule has 4 amide bonds. The highest BCUT2D eigenvalue weighted by molar-refractivity contribution is 5.79. The average Bonchev–Trinajstić information content (AvgIpc) is 1.03. The summed E-state index contributed by atoms with van der Waals surface area (Å²) in [5.74, 6) is -1.60. The second-order valence-corrected chi connectivity index (χ2v) is 32.3. The Morgan fingerprint density at radius 2 is 0.600 bits per heavy atom. The van der Waals surface area contributed by atoms with Gasteiger partial charge in [0.05, 0.1) is 71.7 Å². The van der Waals surface area contributed by atoms with Gasteiger partial charge in [-0.25, -0.2) is 19.2 Å². The number of carbonyl (C=O) groups is 6. The van der Waals surface area contributed by atoms with E-state index < -0.39 is 106 Å². The summed E-state index contributed by atoms with van der Waals surface area (Å²) in [6.07, 6.45) is -1.98. The number of ether oxygens (including phenoxy) is 11. The highest BCUT2D eigenvalue weighted by Gasteiger charge is 2.43. The summed E-state index contributed by atoms with van der Waals surface area (Å²) in [7, 11) is 0. The average molecular weight is 1290 g/mol. The van der Waals surface area contributed by atoms with Gasteiger partial charge in [-0.3, -0.25) is 9.59 Å². The molecule has 25 nitrogen and oxygen atoms in total. The Morgan fingerprint density at radius 1 is 0.322 bits per heavy atom.